The summed E-state index contributed by atoms with van der Waals surface area (Å²) in [4.78, 5) is 2.42. The molecule has 0 amide bonds. The van der Waals surface area contributed by atoms with Crippen LogP contribution in [0.2, 0.25) is 0 Å². The van der Waals surface area contributed by atoms with Crippen LogP contribution in [0.1, 0.15) is 0 Å². The number of hydrogen-bond acceptors (Lipinski definition) is 3. The quantitative estimate of drug-likeness (QED) is 0.183. The van der Waals surface area contributed by atoms with Crippen molar-refractivity contribution < 1.29 is 4.42 Å². The standard InChI is InChI=1S/C44H27NOS/c1-2-10-28(11-3-1)34-23-24-39(43-36-15-6-8-16-40(36)46-44(34)43)45(32-22-25-42-38(27-32)35-14-7-9-17-41(35)47-42)31-21-20-30-19-18-29-12-4-5-13-33(29)37(30)26-31/h1-27H. The molecule has 0 radical (unpaired) electrons. The molecule has 0 aliphatic rings. The molecule has 0 saturated carbocycles. The molecule has 0 spiro atoms. The second-order valence-electron chi connectivity index (χ2n) is 12.1. The van der Waals surface area contributed by atoms with Crippen molar-refractivity contribution in [3.05, 3.63) is 164 Å². The predicted octanol–water partition coefficient (Wildman–Crippen LogP) is 13.4. The van der Waals surface area contributed by atoms with Gasteiger partial charge >= 0.3 is 0 Å². The molecular formula is C44H27NOS. The highest BCUT2D eigenvalue weighted by Gasteiger charge is 2.23. The van der Waals surface area contributed by atoms with Crippen LogP contribution in [0.3, 0.4) is 0 Å². The van der Waals surface area contributed by atoms with Crippen molar-refractivity contribution in [2.24, 2.45) is 0 Å². The van der Waals surface area contributed by atoms with Gasteiger partial charge in [-0.25, -0.2) is 0 Å². The third-order valence-electron chi connectivity index (χ3n) is 9.44. The largest absolute Gasteiger partial charge is 0.455 e. The van der Waals surface area contributed by atoms with Crippen molar-refractivity contribution in [3.8, 4) is 11.1 Å². The summed E-state index contributed by atoms with van der Waals surface area (Å²) in [6.07, 6.45) is 0. The van der Waals surface area contributed by atoms with Gasteiger partial charge in [0, 0.05) is 42.5 Å². The van der Waals surface area contributed by atoms with E-state index >= 15 is 0 Å². The number of nitrogens with zero attached hydrogens (tertiary/aromatic N) is 1. The molecule has 0 atom stereocenters. The van der Waals surface area contributed by atoms with Crippen molar-refractivity contribution in [2.45, 2.75) is 0 Å². The maximum atomic E-state index is 6.72. The van der Waals surface area contributed by atoms with Gasteiger partial charge in [0.1, 0.15) is 11.2 Å². The van der Waals surface area contributed by atoms with Crippen LogP contribution in [0, 0.1) is 0 Å². The second-order valence-corrected chi connectivity index (χ2v) is 13.2. The van der Waals surface area contributed by atoms with E-state index in [1.165, 1.54) is 41.7 Å². The number of fused-ring (bicyclic) bond motifs is 9. The molecule has 8 aromatic carbocycles. The van der Waals surface area contributed by atoms with Crippen molar-refractivity contribution in [2.75, 3.05) is 4.90 Å². The van der Waals surface area contributed by atoms with E-state index in [1.807, 2.05) is 17.4 Å². The first-order chi connectivity index (χ1) is 23.3. The molecule has 220 valence electrons. The van der Waals surface area contributed by atoms with E-state index in [1.54, 1.807) is 0 Å². The van der Waals surface area contributed by atoms with Crippen LogP contribution in [0.4, 0.5) is 17.1 Å². The number of furan rings is 1. The summed E-state index contributed by atoms with van der Waals surface area (Å²) < 4.78 is 9.31. The van der Waals surface area contributed by atoms with Gasteiger partial charge in [-0.3, -0.25) is 0 Å². The van der Waals surface area contributed by atoms with Gasteiger partial charge in [0.25, 0.3) is 0 Å². The van der Waals surface area contributed by atoms with Gasteiger partial charge in [0.05, 0.1) is 11.1 Å². The minimum absolute atomic E-state index is 0.885. The predicted molar refractivity (Wildman–Crippen MR) is 202 cm³/mol. The van der Waals surface area contributed by atoms with Crippen LogP contribution >= 0.6 is 11.3 Å². The third-order valence-corrected chi connectivity index (χ3v) is 10.6. The van der Waals surface area contributed by atoms with Crippen LogP contribution in [-0.4, -0.2) is 0 Å². The van der Waals surface area contributed by atoms with Gasteiger partial charge in [0.2, 0.25) is 0 Å². The van der Waals surface area contributed by atoms with Crippen LogP contribution in [-0.2, 0) is 0 Å². The summed E-state index contributed by atoms with van der Waals surface area (Å²) in [6.45, 7) is 0. The third kappa shape index (κ3) is 4.10. The Hall–Kier alpha value is -5.90. The van der Waals surface area contributed by atoms with E-state index < -0.39 is 0 Å². The lowest BCUT2D eigenvalue weighted by molar-refractivity contribution is 0.670. The summed E-state index contributed by atoms with van der Waals surface area (Å²) in [5.41, 5.74) is 7.31. The molecule has 0 aliphatic carbocycles. The maximum Gasteiger partial charge on any atom is 0.145 e. The monoisotopic (exact) mass is 617 g/mol. The Labute approximate surface area is 275 Å². The Morgan fingerprint density at radius 1 is 0.447 bits per heavy atom. The van der Waals surface area contributed by atoms with Gasteiger partial charge in [-0.05, 0) is 81.7 Å². The maximum absolute atomic E-state index is 6.72. The van der Waals surface area contributed by atoms with Crippen LogP contribution in [0.15, 0.2) is 168 Å². The highest BCUT2D eigenvalue weighted by Crippen LogP contribution is 2.48. The molecule has 47 heavy (non-hydrogen) atoms. The number of para-hydroxylation sites is 1. The average Bonchev–Trinajstić information content (AvgIpc) is 3.71. The number of benzene rings is 8. The van der Waals surface area contributed by atoms with E-state index in [0.717, 1.165) is 50.1 Å². The van der Waals surface area contributed by atoms with E-state index in [-0.39, 0.29) is 0 Å². The fourth-order valence-corrected chi connectivity index (χ4v) is 8.34. The van der Waals surface area contributed by atoms with Crippen molar-refractivity contribution in [3.63, 3.8) is 0 Å². The van der Waals surface area contributed by atoms with Gasteiger partial charge in [0.15, 0.2) is 0 Å². The molecule has 0 saturated heterocycles. The Balaban J connectivity index is 1.31. The number of rotatable bonds is 4. The molecule has 0 bridgehead atoms. The number of anilines is 3. The molecule has 0 fully saturated rings. The average molecular weight is 618 g/mol. The lowest BCUT2D eigenvalue weighted by atomic mass is 9.98. The highest BCUT2D eigenvalue weighted by atomic mass is 32.1. The summed E-state index contributed by atoms with van der Waals surface area (Å²) in [7, 11) is 0. The smallest absolute Gasteiger partial charge is 0.145 e. The molecule has 10 aromatic rings. The van der Waals surface area contributed by atoms with E-state index in [4.69, 9.17) is 4.42 Å². The fourth-order valence-electron chi connectivity index (χ4n) is 7.25. The van der Waals surface area contributed by atoms with Crippen molar-refractivity contribution in [1.29, 1.82) is 0 Å². The molecule has 0 aliphatic heterocycles. The molecule has 3 heteroatoms. The zero-order valence-corrected chi connectivity index (χ0v) is 26.2. The molecule has 0 unspecified atom stereocenters. The van der Waals surface area contributed by atoms with E-state index in [9.17, 15) is 0 Å². The van der Waals surface area contributed by atoms with Crippen molar-refractivity contribution >= 4 is 92.1 Å². The van der Waals surface area contributed by atoms with E-state index in [0.29, 0.717) is 0 Å². The molecular weight excluding hydrogens is 591 g/mol. The first-order valence-corrected chi connectivity index (χ1v) is 16.7. The Kier molecular flexibility index (Phi) is 5.78. The minimum atomic E-state index is 0.885. The Morgan fingerprint density at radius 3 is 1.96 bits per heavy atom. The number of hydrogen-bond donors (Lipinski definition) is 0. The summed E-state index contributed by atoms with van der Waals surface area (Å²) in [5.74, 6) is 0. The normalized spacial score (nSPS) is 11.8. The van der Waals surface area contributed by atoms with Gasteiger partial charge < -0.3 is 9.32 Å². The summed E-state index contributed by atoms with van der Waals surface area (Å²) >= 11 is 1.85. The minimum Gasteiger partial charge on any atom is -0.455 e. The van der Waals surface area contributed by atoms with Gasteiger partial charge in [-0.15, -0.1) is 11.3 Å². The SMILES string of the molecule is c1ccc(-c2ccc(N(c3ccc4ccc5ccccc5c4c3)c3ccc4sc5ccccc5c4c3)c3c2oc2ccccc23)cc1. The van der Waals surface area contributed by atoms with Gasteiger partial charge in [-0.1, -0.05) is 109 Å². The van der Waals surface area contributed by atoms with E-state index in [2.05, 4.69) is 163 Å². The summed E-state index contributed by atoms with van der Waals surface area (Å²) in [6, 6.07) is 59.0. The van der Waals surface area contributed by atoms with Crippen LogP contribution in [0.25, 0.3) is 74.8 Å². The fraction of sp³-hybridized carbons (Fsp3) is 0. The molecule has 2 heterocycles. The van der Waals surface area contributed by atoms with Crippen LogP contribution < -0.4 is 4.90 Å². The number of thiophene rings is 1. The highest BCUT2D eigenvalue weighted by molar-refractivity contribution is 7.25. The first kappa shape index (κ1) is 26.3. The molecule has 0 N–H and O–H groups in total. The topological polar surface area (TPSA) is 16.4 Å². The van der Waals surface area contributed by atoms with Crippen LogP contribution in [0.5, 0.6) is 0 Å². The molecule has 10 rings (SSSR count). The Morgan fingerprint density at radius 2 is 1.09 bits per heavy atom. The second kappa shape index (κ2) is 10.3. The lowest BCUT2D eigenvalue weighted by Crippen LogP contribution is -2.10. The first-order valence-electron chi connectivity index (χ1n) is 15.9. The van der Waals surface area contributed by atoms with Crippen molar-refractivity contribution in [1.82, 2.24) is 0 Å². The zero-order chi connectivity index (χ0) is 30.9. The molecule has 2 aromatic heterocycles. The zero-order valence-electron chi connectivity index (χ0n) is 25.4. The molecule has 2 nitrogen and oxygen atoms in total. The van der Waals surface area contributed by atoms with Gasteiger partial charge in [-0.2, -0.15) is 0 Å². The lowest BCUT2D eigenvalue weighted by Gasteiger charge is -2.27. The summed E-state index contributed by atoms with van der Waals surface area (Å²) in [5, 5.41) is 9.73. The Bertz CT molecular complexity index is 2810.